The van der Waals surface area contributed by atoms with Gasteiger partial charge in [-0.2, -0.15) is 0 Å². The van der Waals surface area contributed by atoms with Crippen LogP contribution in [-0.2, 0) is 16.0 Å². The highest BCUT2D eigenvalue weighted by Gasteiger charge is 2.27. The van der Waals surface area contributed by atoms with Gasteiger partial charge in [0, 0.05) is 31.2 Å². The molecule has 0 aliphatic carbocycles. The number of carbonyl (C=O) groups excluding carboxylic acids is 1. The van der Waals surface area contributed by atoms with Crippen molar-refractivity contribution in [1.29, 1.82) is 0 Å². The van der Waals surface area contributed by atoms with Gasteiger partial charge in [-0.3, -0.25) is 4.79 Å². The minimum absolute atomic E-state index is 0. The van der Waals surface area contributed by atoms with Gasteiger partial charge in [0.25, 0.3) is 0 Å². The zero-order chi connectivity index (χ0) is 13.9. The highest BCUT2D eigenvalue weighted by molar-refractivity contribution is 5.95. The third-order valence-corrected chi connectivity index (χ3v) is 3.90. The fourth-order valence-corrected chi connectivity index (χ4v) is 2.84. The van der Waals surface area contributed by atoms with E-state index in [0.29, 0.717) is 13.0 Å². The molecule has 0 bridgehead atoms. The summed E-state index contributed by atoms with van der Waals surface area (Å²) in [7, 11) is 1.66. The van der Waals surface area contributed by atoms with E-state index in [1.807, 2.05) is 23.1 Å². The molecule has 6 heteroatoms. The average molecular weight is 313 g/mol. The normalized spacial score (nSPS) is 20.6. The number of nitrogens with one attached hydrogen (secondary N) is 1. The molecule has 3 rings (SSSR count). The Hall–Kier alpha value is -1.30. The van der Waals surface area contributed by atoms with Gasteiger partial charge in [0.15, 0.2) is 0 Å². The monoisotopic (exact) mass is 312 g/mol. The number of rotatable bonds is 3. The van der Waals surface area contributed by atoms with Crippen LogP contribution in [0.4, 0.5) is 5.69 Å². The molecule has 0 spiro atoms. The highest BCUT2D eigenvalue weighted by Crippen LogP contribution is 2.31. The van der Waals surface area contributed by atoms with Crippen LogP contribution in [0.25, 0.3) is 0 Å². The summed E-state index contributed by atoms with van der Waals surface area (Å²) in [5.41, 5.74) is 2.21. The molecule has 1 N–H and O–H groups in total. The van der Waals surface area contributed by atoms with E-state index in [1.165, 1.54) is 5.56 Å². The molecule has 0 aromatic heterocycles. The summed E-state index contributed by atoms with van der Waals surface area (Å²) in [6, 6.07) is 6.04. The van der Waals surface area contributed by atoms with E-state index in [2.05, 4.69) is 5.32 Å². The van der Waals surface area contributed by atoms with Crippen LogP contribution in [0.15, 0.2) is 18.2 Å². The number of hydrogen-bond donors (Lipinski definition) is 1. The zero-order valence-corrected chi connectivity index (χ0v) is 12.9. The number of morpholine rings is 1. The Labute approximate surface area is 131 Å². The van der Waals surface area contributed by atoms with Gasteiger partial charge in [-0.1, -0.05) is 0 Å². The van der Waals surface area contributed by atoms with Crippen molar-refractivity contribution in [2.24, 2.45) is 0 Å². The lowest BCUT2D eigenvalue weighted by Crippen LogP contribution is -2.45. The second-order valence-electron chi connectivity index (χ2n) is 5.22. The van der Waals surface area contributed by atoms with Gasteiger partial charge in [-0.25, -0.2) is 0 Å². The van der Waals surface area contributed by atoms with Crippen LogP contribution in [0.3, 0.4) is 0 Å². The Morgan fingerprint density at radius 1 is 1.52 bits per heavy atom. The Bertz CT molecular complexity index is 504. The quantitative estimate of drug-likeness (QED) is 0.916. The molecule has 21 heavy (non-hydrogen) atoms. The maximum Gasteiger partial charge on any atom is 0.228 e. The molecule has 116 valence electrons. The minimum atomic E-state index is 0. The molecule has 5 nitrogen and oxygen atoms in total. The second-order valence-corrected chi connectivity index (χ2v) is 5.22. The summed E-state index contributed by atoms with van der Waals surface area (Å²) in [5, 5.41) is 3.32. The third kappa shape index (κ3) is 3.48. The first-order valence-electron chi connectivity index (χ1n) is 7.06. The fraction of sp³-hybridized carbons (Fsp3) is 0.533. The van der Waals surface area contributed by atoms with Crippen LogP contribution in [0.2, 0.25) is 0 Å². The van der Waals surface area contributed by atoms with Gasteiger partial charge < -0.3 is 19.7 Å². The van der Waals surface area contributed by atoms with Gasteiger partial charge in [0.05, 0.1) is 20.3 Å². The number of hydrogen-bond acceptors (Lipinski definition) is 4. The molecular weight excluding hydrogens is 292 g/mol. The van der Waals surface area contributed by atoms with E-state index in [0.717, 1.165) is 37.6 Å². The first-order chi connectivity index (χ1) is 9.78. The van der Waals surface area contributed by atoms with Crippen molar-refractivity contribution in [3.05, 3.63) is 23.8 Å². The molecule has 1 fully saturated rings. The summed E-state index contributed by atoms with van der Waals surface area (Å²) >= 11 is 0. The Balaban J connectivity index is 0.00000161. The number of anilines is 1. The molecule has 1 aromatic rings. The number of nitrogens with zero attached hydrogens (tertiary/aromatic N) is 1. The SMILES string of the molecule is COc1ccc2c(c1)CCN2C(=O)CC1COCCN1.Cl. The van der Waals surface area contributed by atoms with Crippen LogP contribution in [-0.4, -0.2) is 45.4 Å². The molecular formula is C15H21ClN2O3. The summed E-state index contributed by atoms with van der Waals surface area (Å²) in [5.74, 6) is 1.01. The largest absolute Gasteiger partial charge is 0.497 e. The molecule has 2 aliphatic rings. The third-order valence-electron chi connectivity index (χ3n) is 3.90. The molecule has 1 aromatic carbocycles. The van der Waals surface area contributed by atoms with Crippen molar-refractivity contribution in [3.8, 4) is 5.75 Å². The maximum absolute atomic E-state index is 12.4. The van der Waals surface area contributed by atoms with E-state index < -0.39 is 0 Å². The number of fused-ring (bicyclic) bond motifs is 1. The summed E-state index contributed by atoms with van der Waals surface area (Å²) < 4.78 is 10.6. The van der Waals surface area contributed by atoms with Crippen molar-refractivity contribution in [3.63, 3.8) is 0 Å². The van der Waals surface area contributed by atoms with E-state index >= 15 is 0 Å². The van der Waals surface area contributed by atoms with Crippen LogP contribution in [0, 0.1) is 0 Å². The predicted octanol–water partition coefficient (Wildman–Crippen LogP) is 1.38. The summed E-state index contributed by atoms with van der Waals surface area (Å²) in [6.07, 6.45) is 1.39. The first-order valence-corrected chi connectivity index (χ1v) is 7.06. The second kappa shape index (κ2) is 7.11. The Morgan fingerprint density at radius 3 is 3.10 bits per heavy atom. The smallest absolute Gasteiger partial charge is 0.228 e. The Kier molecular flexibility index (Phi) is 5.45. The van der Waals surface area contributed by atoms with Gasteiger partial charge in [0.2, 0.25) is 5.91 Å². The predicted molar refractivity (Wildman–Crippen MR) is 83.5 cm³/mol. The fourth-order valence-electron chi connectivity index (χ4n) is 2.84. The minimum Gasteiger partial charge on any atom is -0.497 e. The lowest BCUT2D eigenvalue weighted by molar-refractivity contribution is -0.119. The van der Waals surface area contributed by atoms with Crippen LogP contribution in [0.5, 0.6) is 5.75 Å². The standard InChI is InChI=1S/C15H20N2O3.ClH/c1-19-13-2-3-14-11(8-13)4-6-17(14)15(18)9-12-10-20-7-5-16-12;/h2-3,8,12,16H,4-7,9-10H2,1H3;1H. The van der Waals surface area contributed by atoms with Crippen molar-refractivity contribution in [2.75, 3.05) is 38.3 Å². The van der Waals surface area contributed by atoms with Crippen LogP contribution in [0.1, 0.15) is 12.0 Å². The highest BCUT2D eigenvalue weighted by atomic mass is 35.5. The zero-order valence-electron chi connectivity index (χ0n) is 12.1. The van der Waals surface area contributed by atoms with Crippen LogP contribution < -0.4 is 15.0 Å². The van der Waals surface area contributed by atoms with Gasteiger partial charge in [-0.05, 0) is 30.2 Å². The molecule has 0 radical (unpaired) electrons. The number of methoxy groups -OCH3 is 1. The molecule has 1 amide bonds. The number of benzene rings is 1. The first kappa shape index (κ1) is 16.1. The topological polar surface area (TPSA) is 50.8 Å². The summed E-state index contributed by atoms with van der Waals surface area (Å²) in [6.45, 7) is 2.94. The molecule has 1 saturated heterocycles. The molecule has 1 atom stereocenters. The molecule has 1 unspecified atom stereocenters. The lowest BCUT2D eigenvalue weighted by Gasteiger charge is -2.26. The van der Waals surface area contributed by atoms with Crippen LogP contribution >= 0.6 is 12.4 Å². The van der Waals surface area contributed by atoms with Gasteiger partial charge in [-0.15, -0.1) is 12.4 Å². The van der Waals surface area contributed by atoms with E-state index in [-0.39, 0.29) is 24.4 Å². The van der Waals surface area contributed by atoms with E-state index in [1.54, 1.807) is 7.11 Å². The van der Waals surface area contributed by atoms with Gasteiger partial charge in [0.1, 0.15) is 5.75 Å². The van der Waals surface area contributed by atoms with Gasteiger partial charge >= 0.3 is 0 Å². The van der Waals surface area contributed by atoms with E-state index in [9.17, 15) is 4.79 Å². The van der Waals surface area contributed by atoms with E-state index in [4.69, 9.17) is 9.47 Å². The maximum atomic E-state index is 12.4. The van der Waals surface area contributed by atoms with Crippen molar-refractivity contribution in [2.45, 2.75) is 18.9 Å². The van der Waals surface area contributed by atoms with Crippen molar-refractivity contribution < 1.29 is 14.3 Å². The molecule has 2 heterocycles. The lowest BCUT2D eigenvalue weighted by atomic mass is 10.1. The number of ether oxygens (including phenoxy) is 2. The number of halogens is 1. The molecule has 0 saturated carbocycles. The molecule has 2 aliphatic heterocycles. The Morgan fingerprint density at radius 2 is 2.38 bits per heavy atom. The average Bonchev–Trinajstić information content (AvgIpc) is 2.91. The summed E-state index contributed by atoms with van der Waals surface area (Å²) in [4.78, 5) is 14.3. The van der Waals surface area contributed by atoms with Crippen molar-refractivity contribution >= 4 is 24.0 Å². The van der Waals surface area contributed by atoms with Crippen molar-refractivity contribution in [1.82, 2.24) is 5.32 Å². The number of amides is 1. The number of carbonyl (C=O) groups is 1.